The monoisotopic (exact) mass is 242 g/mol. The smallest absolute Gasteiger partial charge is 0.0525 e. The molecule has 1 N–H and O–H groups in total. The van der Waals surface area contributed by atoms with Gasteiger partial charge in [0.25, 0.3) is 0 Å². The second kappa shape index (κ2) is 5.87. The van der Waals surface area contributed by atoms with Gasteiger partial charge in [0.2, 0.25) is 0 Å². The van der Waals surface area contributed by atoms with Gasteiger partial charge in [-0.25, -0.2) is 0 Å². The minimum atomic E-state index is 0.511. The van der Waals surface area contributed by atoms with E-state index in [1.165, 1.54) is 16.5 Å². The molecule has 0 spiro atoms. The normalized spacial score (nSPS) is 11.3. The average molecular weight is 242 g/mol. The number of hydrogen-bond acceptors (Lipinski definition) is 1. The lowest BCUT2D eigenvalue weighted by molar-refractivity contribution is 0.588. The van der Waals surface area contributed by atoms with E-state index >= 15 is 0 Å². The molecule has 2 nitrogen and oxygen atoms in total. The van der Waals surface area contributed by atoms with Crippen molar-refractivity contribution in [3.63, 3.8) is 0 Å². The number of aryl methyl sites for hydroxylation is 1. The van der Waals surface area contributed by atoms with E-state index in [1.807, 2.05) is 6.08 Å². The van der Waals surface area contributed by atoms with Crippen LogP contribution in [0.3, 0.4) is 0 Å². The Labute approximate surface area is 109 Å². The number of hydrogen-bond donors (Lipinski definition) is 1. The fourth-order valence-electron chi connectivity index (χ4n) is 2.21. The molecule has 0 atom stereocenters. The molecular weight excluding hydrogens is 220 g/mol. The van der Waals surface area contributed by atoms with Crippen LogP contribution in [0.15, 0.2) is 43.1 Å². The molecule has 1 heterocycles. The number of rotatable bonds is 6. The van der Waals surface area contributed by atoms with E-state index in [9.17, 15) is 0 Å². The van der Waals surface area contributed by atoms with Crippen molar-refractivity contribution in [2.45, 2.75) is 39.4 Å². The number of benzene rings is 1. The van der Waals surface area contributed by atoms with Gasteiger partial charge in [0.05, 0.1) is 5.52 Å². The first-order chi connectivity index (χ1) is 8.72. The number of aromatic nitrogens is 1. The van der Waals surface area contributed by atoms with Gasteiger partial charge >= 0.3 is 0 Å². The van der Waals surface area contributed by atoms with E-state index in [2.05, 4.69) is 60.8 Å². The van der Waals surface area contributed by atoms with Gasteiger partial charge in [-0.1, -0.05) is 38.1 Å². The summed E-state index contributed by atoms with van der Waals surface area (Å²) in [6.45, 7) is 10.1. The molecule has 0 aliphatic carbocycles. The topological polar surface area (TPSA) is 17.0 Å². The summed E-state index contributed by atoms with van der Waals surface area (Å²) < 4.78 is 2.33. The van der Waals surface area contributed by atoms with Crippen LogP contribution in [0, 0.1) is 0 Å². The van der Waals surface area contributed by atoms with Crippen LogP contribution in [0.1, 0.15) is 25.8 Å². The summed E-state index contributed by atoms with van der Waals surface area (Å²) in [4.78, 5) is 0. The van der Waals surface area contributed by atoms with Crippen LogP contribution in [-0.2, 0) is 13.1 Å². The van der Waals surface area contributed by atoms with Crippen molar-refractivity contribution < 1.29 is 0 Å². The quantitative estimate of drug-likeness (QED) is 0.764. The Balaban J connectivity index is 2.32. The lowest BCUT2D eigenvalue weighted by Crippen LogP contribution is -2.22. The van der Waals surface area contributed by atoms with Crippen LogP contribution in [0.2, 0.25) is 0 Å². The molecule has 0 aliphatic heterocycles. The van der Waals surface area contributed by atoms with Gasteiger partial charge in [-0.05, 0) is 23.4 Å². The third-order valence-corrected chi connectivity index (χ3v) is 3.15. The van der Waals surface area contributed by atoms with Crippen LogP contribution in [-0.4, -0.2) is 10.6 Å². The van der Waals surface area contributed by atoms with Crippen LogP contribution in [0.4, 0.5) is 0 Å². The Bertz CT molecular complexity index is 523. The van der Waals surface area contributed by atoms with E-state index in [4.69, 9.17) is 0 Å². The van der Waals surface area contributed by atoms with Crippen molar-refractivity contribution in [1.82, 2.24) is 9.88 Å². The average Bonchev–Trinajstić information content (AvgIpc) is 2.77. The Morgan fingerprint density at radius 3 is 2.89 bits per heavy atom. The van der Waals surface area contributed by atoms with Gasteiger partial charge in [-0.15, -0.1) is 6.58 Å². The highest BCUT2D eigenvalue weighted by molar-refractivity contribution is 5.83. The molecule has 0 radical (unpaired) electrons. The van der Waals surface area contributed by atoms with Gasteiger partial charge in [-0.3, -0.25) is 0 Å². The second-order valence-electron chi connectivity index (χ2n) is 4.98. The predicted molar refractivity (Wildman–Crippen MR) is 78.7 cm³/mol. The number of para-hydroxylation sites is 1. The molecule has 1 aromatic heterocycles. The standard InChI is InChI=1S/C16H22N2/c1-4-5-10-18-11-9-14-7-6-8-15(16(14)18)12-17-13(2)3/h4,6-9,11,13,17H,1,5,10,12H2,2-3H3. The van der Waals surface area contributed by atoms with Gasteiger partial charge in [0, 0.05) is 25.3 Å². The SMILES string of the molecule is C=CCCn1ccc2cccc(CNC(C)C)c21. The first-order valence-electron chi connectivity index (χ1n) is 6.63. The summed E-state index contributed by atoms with van der Waals surface area (Å²) in [6.07, 6.45) is 5.16. The van der Waals surface area contributed by atoms with Crippen molar-refractivity contribution >= 4 is 10.9 Å². The molecule has 2 heteroatoms. The zero-order valence-electron chi connectivity index (χ0n) is 11.3. The molecule has 0 bridgehead atoms. The molecule has 18 heavy (non-hydrogen) atoms. The van der Waals surface area contributed by atoms with Crippen molar-refractivity contribution in [3.8, 4) is 0 Å². The van der Waals surface area contributed by atoms with E-state index in [-0.39, 0.29) is 0 Å². The summed E-state index contributed by atoms with van der Waals surface area (Å²) in [7, 11) is 0. The minimum Gasteiger partial charge on any atom is -0.347 e. The largest absolute Gasteiger partial charge is 0.347 e. The minimum absolute atomic E-state index is 0.511. The Kier molecular flexibility index (Phi) is 4.21. The Morgan fingerprint density at radius 2 is 2.17 bits per heavy atom. The first-order valence-corrected chi connectivity index (χ1v) is 6.63. The van der Waals surface area contributed by atoms with Gasteiger partial charge in [0.15, 0.2) is 0 Å². The number of nitrogens with one attached hydrogen (secondary N) is 1. The van der Waals surface area contributed by atoms with E-state index in [0.717, 1.165) is 19.5 Å². The molecule has 0 unspecified atom stereocenters. The fraction of sp³-hybridized carbons (Fsp3) is 0.375. The summed E-state index contributed by atoms with van der Waals surface area (Å²) >= 11 is 0. The highest BCUT2D eigenvalue weighted by atomic mass is 15.0. The van der Waals surface area contributed by atoms with Crippen LogP contribution in [0.5, 0.6) is 0 Å². The third-order valence-electron chi connectivity index (χ3n) is 3.15. The number of fused-ring (bicyclic) bond motifs is 1. The molecule has 2 rings (SSSR count). The molecule has 0 saturated carbocycles. The van der Waals surface area contributed by atoms with Crippen LogP contribution < -0.4 is 5.32 Å². The lowest BCUT2D eigenvalue weighted by Gasteiger charge is -2.12. The molecule has 0 amide bonds. The molecule has 0 aliphatic rings. The molecule has 0 saturated heterocycles. The van der Waals surface area contributed by atoms with Gasteiger partial charge in [0.1, 0.15) is 0 Å². The summed E-state index contributed by atoms with van der Waals surface area (Å²) in [5, 5.41) is 4.81. The zero-order chi connectivity index (χ0) is 13.0. The second-order valence-corrected chi connectivity index (χ2v) is 4.98. The number of nitrogens with zero attached hydrogens (tertiary/aromatic N) is 1. The van der Waals surface area contributed by atoms with Crippen molar-refractivity contribution in [1.29, 1.82) is 0 Å². The van der Waals surface area contributed by atoms with Gasteiger partial charge in [-0.2, -0.15) is 0 Å². The highest BCUT2D eigenvalue weighted by Gasteiger charge is 2.06. The highest BCUT2D eigenvalue weighted by Crippen LogP contribution is 2.21. The first kappa shape index (κ1) is 12.9. The summed E-state index contributed by atoms with van der Waals surface area (Å²) in [5.74, 6) is 0. The molecule has 1 aromatic carbocycles. The molecule has 0 fully saturated rings. The Hall–Kier alpha value is -1.54. The number of allylic oxidation sites excluding steroid dienone is 1. The lowest BCUT2D eigenvalue weighted by atomic mass is 10.1. The van der Waals surface area contributed by atoms with Gasteiger partial charge < -0.3 is 9.88 Å². The maximum Gasteiger partial charge on any atom is 0.0525 e. The van der Waals surface area contributed by atoms with Crippen LogP contribution in [0.25, 0.3) is 10.9 Å². The maximum absolute atomic E-state index is 3.80. The maximum atomic E-state index is 3.80. The van der Waals surface area contributed by atoms with Crippen molar-refractivity contribution in [2.24, 2.45) is 0 Å². The van der Waals surface area contributed by atoms with E-state index in [1.54, 1.807) is 0 Å². The Morgan fingerprint density at radius 1 is 1.33 bits per heavy atom. The molecule has 96 valence electrons. The fourth-order valence-corrected chi connectivity index (χ4v) is 2.21. The summed E-state index contributed by atoms with van der Waals surface area (Å²) in [6, 6.07) is 9.23. The molecular formula is C16H22N2. The van der Waals surface area contributed by atoms with Crippen LogP contribution >= 0.6 is 0 Å². The summed E-state index contributed by atoms with van der Waals surface area (Å²) in [5.41, 5.74) is 2.72. The third kappa shape index (κ3) is 2.82. The van der Waals surface area contributed by atoms with E-state index < -0.39 is 0 Å². The van der Waals surface area contributed by atoms with Crippen molar-refractivity contribution in [3.05, 3.63) is 48.7 Å². The van der Waals surface area contributed by atoms with E-state index in [0.29, 0.717) is 6.04 Å². The molecule has 2 aromatic rings. The zero-order valence-corrected chi connectivity index (χ0v) is 11.3. The predicted octanol–water partition coefficient (Wildman–Crippen LogP) is 3.72. The van der Waals surface area contributed by atoms with Crippen molar-refractivity contribution in [2.75, 3.05) is 0 Å².